The van der Waals surface area contributed by atoms with E-state index < -0.39 is 0 Å². The molecule has 2 aromatic rings. The molecule has 1 unspecified atom stereocenters. The van der Waals surface area contributed by atoms with Gasteiger partial charge >= 0.3 is 0 Å². The monoisotopic (exact) mass is 375 g/mol. The van der Waals surface area contributed by atoms with Crippen molar-refractivity contribution < 1.29 is 4.79 Å². The quantitative estimate of drug-likeness (QED) is 0.762. The molecule has 0 aliphatic carbocycles. The summed E-state index contributed by atoms with van der Waals surface area (Å²) in [5.74, 6) is -0.179. The minimum Gasteiger partial charge on any atom is -0.298 e. The molecule has 1 fully saturated rings. The summed E-state index contributed by atoms with van der Waals surface area (Å²) >= 11 is 7.39. The number of amides is 1. The highest BCUT2D eigenvalue weighted by Gasteiger charge is 2.19. The molecule has 1 aliphatic rings. The number of anilines is 1. The Morgan fingerprint density at radius 2 is 2.20 bits per heavy atom. The van der Waals surface area contributed by atoms with Crippen LogP contribution < -0.4 is 5.32 Å². The van der Waals surface area contributed by atoms with E-state index in [4.69, 9.17) is 11.6 Å². The van der Waals surface area contributed by atoms with Crippen LogP contribution in [0.1, 0.15) is 36.6 Å². The summed E-state index contributed by atoms with van der Waals surface area (Å²) in [4.78, 5) is 20.0. The zero-order valence-electron chi connectivity index (χ0n) is 14.2. The fourth-order valence-corrected chi connectivity index (χ4v) is 3.89. The van der Waals surface area contributed by atoms with Crippen LogP contribution in [0.5, 0.6) is 0 Å². The topological polar surface area (TPSA) is 45.2 Å². The number of benzene rings is 1. The number of halogens is 1. The number of carbonyl (C=O) groups is 1. The summed E-state index contributed by atoms with van der Waals surface area (Å²) in [6, 6.07) is 7.96. The van der Waals surface area contributed by atoms with Gasteiger partial charge < -0.3 is 0 Å². The molecule has 6 heteroatoms. The van der Waals surface area contributed by atoms with Crippen LogP contribution >= 0.6 is 22.9 Å². The molecular weight excluding hydrogens is 354 g/mol. The lowest BCUT2D eigenvalue weighted by Crippen LogP contribution is -2.36. The van der Waals surface area contributed by atoms with E-state index in [0.717, 1.165) is 18.7 Å². The van der Waals surface area contributed by atoms with Crippen molar-refractivity contribution in [2.45, 2.75) is 38.8 Å². The van der Waals surface area contributed by atoms with E-state index in [-0.39, 0.29) is 5.91 Å². The average molecular weight is 376 g/mol. The van der Waals surface area contributed by atoms with Crippen molar-refractivity contribution in [1.82, 2.24) is 9.88 Å². The molecule has 25 heavy (non-hydrogen) atoms. The third-order valence-corrected chi connectivity index (χ3v) is 5.53. The number of piperidine rings is 1. The fraction of sp³-hybridized carbons (Fsp3) is 0.368. The second-order valence-corrected chi connectivity index (χ2v) is 7.87. The standard InChI is InChI=1S/C19H22ClN3OS/c1-14-4-2-3-11-23(14)13-17-12-21-19(25-17)22-18(24)10-7-15-5-8-16(20)9-6-15/h5-10,12,14H,2-4,11,13H2,1H3,(H,21,22,24)/b10-7+. The summed E-state index contributed by atoms with van der Waals surface area (Å²) in [5, 5.41) is 4.15. The molecule has 2 heterocycles. The Bertz CT molecular complexity index is 741. The third-order valence-electron chi connectivity index (χ3n) is 4.38. The van der Waals surface area contributed by atoms with Gasteiger partial charge in [0.05, 0.1) is 0 Å². The first-order valence-corrected chi connectivity index (χ1v) is 9.73. The van der Waals surface area contributed by atoms with E-state index in [1.54, 1.807) is 29.5 Å². The molecule has 0 spiro atoms. The zero-order valence-corrected chi connectivity index (χ0v) is 15.8. The molecular formula is C19H22ClN3OS. The molecule has 0 saturated carbocycles. The maximum atomic E-state index is 12.0. The van der Waals surface area contributed by atoms with Gasteiger partial charge in [-0.25, -0.2) is 4.98 Å². The highest BCUT2D eigenvalue weighted by molar-refractivity contribution is 7.15. The van der Waals surface area contributed by atoms with Crippen LogP contribution in [0.3, 0.4) is 0 Å². The van der Waals surface area contributed by atoms with Gasteiger partial charge in [-0.1, -0.05) is 30.2 Å². The highest BCUT2D eigenvalue weighted by Crippen LogP contribution is 2.24. The van der Waals surface area contributed by atoms with Crippen LogP contribution in [-0.4, -0.2) is 28.4 Å². The molecule has 4 nitrogen and oxygen atoms in total. The van der Waals surface area contributed by atoms with Gasteiger partial charge in [0.15, 0.2) is 5.13 Å². The zero-order chi connectivity index (χ0) is 17.6. The molecule has 1 aromatic carbocycles. The lowest BCUT2D eigenvalue weighted by molar-refractivity contribution is -0.111. The van der Waals surface area contributed by atoms with Gasteiger partial charge in [0.2, 0.25) is 5.91 Å². The smallest absolute Gasteiger partial charge is 0.250 e. The first-order valence-electron chi connectivity index (χ1n) is 8.53. The van der Waals surface area contributed by atoms with E-state index in [2.05, 4.69) is 22.1 Å². The lowest BCUT2D eigenvalue weighted by atomic mass is 10.0. The van der Waals surface area contributed by atoms with Crippen LogP contribution in [0.25, 0.3) is 6.08 Å². The first kappa shape index (κ1) is 18.1. The second kappa shape index (κ2) is 8.61. The number of nitrogens with one attached hydrogen (secondary N) is 1. The van der Waals surface area contributed by atoms with E-state index in [1.807, 2.05) is 18.3 Å². The van der Waals surface area contributed by atoms with Crippen LogP contribution in [0, 0.1) is 0 Å². The molecule has 132 valence electrons. The van der Waals surface area contributed by atoms with E-state index >= 15 is 0 Å². The number of rotatable bonds is 5. The summed E-state index contributed by atoms with van der Waals surface area (Å²) in [5.41, 5.74) is 0.929. The first-order chi connectivity index (χ1) is 12.1. The van der Waals surface area contributed by atoms with Crippen molar-refractivity contribution in [1.29, 1.82) is 0 Å². The maximum absolute atomic E-state index is 12.0. The molecule has 1 saturated heterocycles. The predicted molar refractivity (Wildman–Crippen MR) is 105 cm³/mol. The van der Waals surface area contributed by atoms with Crippen LogP contribution in [-0.2, 0) is 11.3 Å². The molecule has 0 bridgehead atoms. The van der Waals surface area contributed by atoms with E-state index in [1.165, 1.54) is 30.2 Å². The van der Waals surface area contributed by atoms with Crippen molar-refractivity contribution in [3.05, 3.63) is 52.0 Å². The molecule has 1 aromatic heterocycles. The molecule has 0 radical (unpaired) electrons. The van der Waals surface area contributed by atoms with Gasteiger partial charge in [-0.2, -0.15) is 0 Å². The third kappa shape index (κ3) is 5.39. The van der Waals surface area contributed by atoms with Gasteiger partial charge in [0.25, 0.3) is 0 Å². The van der Waals surface area contributed by atoms with Crippen molar-refractivity contribution >= 4 is 40.1 Å². The molecule has 1 aliphatic heterocycles. The van der Waals surface area contributed by atoms with Crippen molar-refractivity contribution in [2.75, 3.05) is 11.9 Å². The van der Waals surface area contributed by atoms with Gasteiger partial charge in [0.1, 0.15) is 0 Å². The number of thiazole rings is 1. The summed E-state index contributed by atoms with van der Waals surface area (Å²) in [6.45, 7) is 4.34. The van der Waals surface area contributed by atoms with Crippen molar-refractivity contribution in [2.24, 2.45) is 0 Å². The largest absolute Gasteiger partial charge is 0.298 e. The summed E-state index contributed by atoms with van der Waals surface area (Å²) < 4.78 is 0. The Morgan fingerprint density at radius 1 is 1.40 bits per heavy atom. The molecule has 1 atom stereocenters. The lowest BCUT2D eigenvalue weighted by Gasteiger charge is -2.32. The van der Waals surface area contributed by atoms with Crippen LogP contribution in [0.2, 0.25) is 5.02 Å². The van der Waals surface area contributed by atoms with Gasteiger partial charge in [-0.15, -0.1) is 11.3 Å². The van der Waals surface area contributed by atoms with Crippen molar-refractivity contribution in [3.8, 4) is 0 Å². The molecule has 1 N–H and O–H groups in total. The normalized spacial score (nSPS) is 18.6. The maximum Gasteiger partial charge on any atom is 0.250 e. The number of nitrogens with zero attached hydrogens (tertiary/aromatic N) is 2. The Hall–Kier alpha value is -1.69. The SMILES string of the molecule is CC1CCCCN1Cc1cnc(NC(=O)/C=C/c2ccc(Cl)cc2)s1. The van der Waals surface area contributed by atoms with Crippen LogP contribution in [0.15, 0.2) is 36.5 Å². The number of carbonyl (C=O) groups excluding carboxylic acids is 1. The van der Waals surface area contributed by atoms with Gasteiger partial charge in [-0.3, -0.25) is 15.0 Å². The Balaban J connectivity index is 1.53. The predicted octanol–water partition coefficient (Wildman–Crippen LogP) is 4.82. The Kier molecular flexibility index (Phi) is 6.24. The van der Waals surface area contributed by atoms with E-state index in [0.29, 0.717) is 16.2 Å². The Labute approximate surface area is 157 Å². The minimum absolute atomic E-state index is 0.179. The number of aromatic nitrogens is 1. The highest BCUT2D eigenvalue weighted by atomic mass is 35.5. The minimum atomic E-state index is -0.179. The van der Waals surface area contributed by atoms with Crippen LogP contribution in [0.4, 0.5) is 5.13 Å². The summed E-state index contributed by atoms with van der Waals surface area (Å²) in [6.07, 6.45) is 8.98. The summed E-state index contributed by atoms with van der Waals surface area (Å²) in [7, 11) is 0. The second-order valence-electron chi connectivity index (χ2n) is 6.32. The van der Waals surface area contributed by atoms with Gasteiger partial charge in [0, 0.05) is 34.8 Å². The van der Waals surface area contributed by atoms with Crippen molar-refractivity contribution in [3.63, 3.8) is 0 Å². The Morgan fingerprint density at radius 3 is 2.96 bits per heavy atom. The van der Waals surface area contributed by atoms with E-state index in [9.17, 15) is 4.79 Å². The number of hydrogen-bond acceptors (Lipinski definition) is 4. The average Bonchev–Trinajstić information content (AvgIpc) is 3.03. The van der Waals surface area contributed by atoms with Gasteiger partial charge in [-0.05, 0) is 50.1 Å². The molecule has 3 rings (SSSR count). The molecule has 1 amide bonds. The fourth-order valence-electron chi connectivity index (χ4n) is 2.92. The number of likely N-dealkylation sites (tertiary alicyclic amines) is 1. The number of hydrogen-bond donors (Lipinski definition) is 1.